The van der Waals surface area contributed by atoms with E-state index in [4.69, 9.17) is 0 Å². The summed E-state index contributed by atoms with van der Waals surface area (Å²) in [6.45, 7) is 4.28. The molecule has 0 saturated heterocycles. The minimum absolute atomic E-state index is 0.631. The van der Waals surface area contributed by atoms with Crippen molar-refractivity contribution >= 4 is 11.6 Å². The zero-order valence-electron chi connectivity index (χ0n) is 7.14. The summed E-state index contributed by atoms with van der Waals surface area (Å²) in [5, 5.41) is 7.22. The van der Waals surface area contributed by atoms with Crippen molar-refractivity contribution in [1.29, 1.82) is 0 Å². The van der Waals surface area contributed by atoms with E-state index in [1.54, 1.807) is 10.6 Å². The van der Waals surface area contributed by atoms with Gasteiger partial charge in [0.1, 0.15) is 0 Å². The third-order valence-corrected chi connectivity index (χ3v) is 1.65. The van der Waals surface area contributed by atoms with Crippen molar-refractivity contribution in [3.63, 3.8) is 0 Å². The van der Waals surface area contributed by atoms with Crippen LogP contribution in [0.3, 0.4) is 0 Å². The fourth-order valence-corrected chi connectivity index (χ4v) is 1.07. The van der Waals surface area contributed by atoms with Crippen LogP contribution in [0.25, 0.3) is 5.65 Å². The number of hydrogen-bond acceptors (Lipinski definition) is 3. The molecule has 0 aliphatic carbocycles. The van der Waals surface area contributed by atoms with Crippen LogP contribution in [0.4, 0.5) is 5.95 Å². The average molecular weight is 174 g/mol. The summed E-state index contributed by atoms with van der Waals surface area (Å²) in [7, 11) is 0. The maximum absolute atomic E-state index is 4.24. The first kappa shape index (κ1) is 7.79. The first-order valence-electron chi connectivity index (χ1n) is 4.06. The molecule has 2 rings (SSSR count). The molecule has 4 heteroatoms. The predicted octanol–water partition coefficient (Wildman–Crippen LogP) is 1.33. The maximum atomic E-state index is 4.24. The van der Waals surface area contributed by atoms with Gasteiger partial charge in [-0.05, 0) is 12.1 Å². The number of nitrogens with one attached hydrogen (secondary N) is 1. The Morgan fingerprint density at radius 2 is 2.46 bits per heavy atom. The van der Waals surface area contributed by atoms with E-state index in [9.17, 15) is 0 Å². The van der Waals surface area contributed by atoms with Gasteiger partial charge in [-0.2, -0.15) is 4.98 Å². The quantitative estimate of drug-likeness (QED) is 0.714. The summed E-state index contributed by atoms with van der Waals surface area (Å²) < 4.78 is 1.73. The van der Waals surface area contributed by atoms with Gasteiger partial charge in [-0.1, -0.05) is 12.1 Å². The molecule has 1 N–H and O–H groups in total. The third-order valence-electron chi connectivity index (χ3n) is 1.65. The second-order valence-corrected chi connectivity index (χ2v) is 2.61. The topological polar surface area (TPSA) is 42.2 Å². The minimum atomic E-state index is 0.631. The Labute approximate surface area is 75.9 Å². The molecule has 0 bridgehead atoms. The molecule has 2 aromatic heterocycles. The lowest BCUT2D eigenvalue weighted by atomic mass is 10.5. The highest BCUT2D eigenvalue weighted by molar-refractivity contribution is 5.42. The van der Waals surface area contributed by atoms with Gasteiger partial charge in [0.15, 0.2) is 5.65 Å². The van der Waals surface area contributed by atoms with Gasteiger partial charge in [0.05, 0.1) is 0 Å². The Hall–Kier alpha value is -1.84. The molecule has 0 saturated carbocycles. The molecule has 0 aliphatic heterocycles. The highest BCUT2D eigenvalue weighted by Crippen LogP contribution is 2.03. The molecule has 0 amide bonds. The van der Waals surface area contributed by atoms with E-state index < -0.39 is 0 Å². The Kier molecular flexibility index (Phi) is 1.96. The van der Waals surface area contributed by atoms with E-state index in [0.717, 1.165) is 5.65 Å². The Morgan fingerprint density at radius 1 is 1.54 bits per heavy atom. The second-order valence-electron chi connectivity index (χ2n) is 2.61. The lowest BCUT2D eigenvalue weighted by Crippen LogP contribution is -1.99. The van der Waals surface area contributed by atoms with Gasteiger partial charge >= 0.3 is 0 Å². The maximum Gasteiger partial charge on any atom is 0.243 e. The van der Waals surface area contributed by atoms with Crippen LogP contribution in [-0.2, 0) is 0 Å². The predicted molar refractivity (Wildman–Crippen MR) is 51.7 cm³/mol. The summed E-state index contributed by atoms with van der Waals surface area (Å²) >= 11 is 0. The van der Waals surface area contributed by atoms with Crippen molar-refractivity contribution in [2.45, 2.75) is 0 Å². The van der Waals surface area contributed by atoms with Crippen molar-refractivity contribution in [2.24, 2.45) is 0 Å². The summed E-state index contributed by atoms with van der Waals surface area (Å²) in [4.78, 5) is 4.24. The normalized spacial score (nSPS) is 10.2. The molecule has 4 nitrogen and oxygen atoms in total. The van der Waals surface area contributed by atoms with Crippen molar-refractivity contribution < 1.29 is 0 Å². The van der Waals surface area contributed by atoms with Crippen LogP contribution >= 0.6 is 0 Å². The van der Waals surface area contributed by atoms with Crippen LogP contribution in [0.5, 0.6) is 0 Å². The molecule has 13 heavy (non-hydrogen) atoms. The van der Waals surface area contributed by atoms with Gasteiger partial charge in [-0.25, -0.2) is 4.52 Å². The molecule has 0 unspecified atom stereocenters. The monoisotopic (exact) mass is 174 g/mol. The molecular weight excluding hydrogens is 164 g/mol. The van der Waals surface area contributed by atoms with E-state index in [1.807, 2.05) is 24.4 Å². The summed E-state index contributed by atoms with van der Waals surface area (Å²) in [6, 6.07) is 5.76. The van der Waals surface area contributed by atoms with Gasteiger partial charge in [-0.15, -0.1) is 11.7 Å². The lowest BCUT2D eigenvalue weighted by Gasteiger charge is -1.92. The lowest BCUT2D eigenvalue weighted by molar-refractivity contribution is 0.959. The van der Waals surface area contributed by atoms with Crippen LogP contribution in [-0.4, -0.2) is 21.1 Å². The third kappa shape index (κ3) is 1.51. The molecule has 0 fully saturated rings. The van der Waals surface area contributed by atoms with Crippen molar-refractivity contribution in [2.75, 3.05) is 11.9 Å². The summed E-state index contributed by atoms with van der Waals surface area (Å²) in [5.74, 6) is 0.631. The van der Waals surface area contributed by atoms with E-state index >= 15 is 0 Å². The van der Waals surface area contributed by atoms with Gasteiger partial charge in [0, 0.05) is 12.7 Å². The Balaban J connectivity index is 2.32. The van der Waals surface area contributed by atoms with E-state index in [2.05, 4.69) is 22.0 Å². The number of nitrogens with zero attached hydrogens (tertiary/aromatic N) is 3. The fourth-order valence-electron chi connectivity index (χ4n) is 1.07. The number of fused-ring (bicyclic) bond motifs is 1. The first-order chi connectivity index (χ1) is 6.40. The van der Waals surface area contributed by atoms with Crippen LogP contribution < -0.4 is 5.32 Å². The molecule has 0 aliphatic rings. The molecule has 0 spiro atoms. The van der Waals surface area contributed by atoms with Crippen LogP contribution in [0, 0.1) is 0 Å². The Morgan fingerprint density at radius 3 is 3.23 bits per heavy atom. The van der Waals surface area contributed by atoms with E-state index in [0.29, 0.717) is 12.5 Å². The number of rotatable bonds is 3. The van der Waals surface area contributed by atoms with Gasteiger partial charge in [-0.3, -0.25) is 0 Å². The SMILES string of the molecule is C=CCNc1nc2ccccn2n1. The van der Waals surface area contributed by atoms with Crippen molar-refractivity contribution in [3.8, 4) is 0 Å². The van der Waals surface area contributed by atoms with Gasteiger partial charge < -0.3 is 5.32 Å². The molecule has 2 aromatic rings. The minimum Gasteiger partial charge on any atom is -0.349 e. The van der Waals surface area contributed by atoms with Crippen molar-refractivity contribution in [1.82, 2.24) is 14.6 Å². The van der Waals surface area contributed by atoms with Gasteiger partial charge in [0.25, 0.3) is 0 Å². The van der Waals surface area contributed by atoms with Crippen molar-refractivity contribution in [3.05, 3.63) is 37.1 Å². The summed E-state index contributed by atoms with van der Waals surface area (Å²) in [6.07, 6.45) is 3.63. The van der Waals surface area contributed by atoms with Crippen LogP contribution in [0.1, 0.15) is 0 Å². The molecule has 2 heterocycles. The molecule has 0 atom stereocenters. The van der Waals surface area contributed by atoms with E-state index in [1.165, 1.54) is 0 Å². The van der Waals surface area contributed by atoms with E-state index in [-0.39, 0.29) is 0 Å². The van der Waals surface area contributed by atoms with Crippen LogP contribution in [0.15, 0.2) is 37.1 Å². The highest BCUT2D eigenvalue weighted by Gasteiger charge is 1.99. The van der Waals surface area contributed by atoms with Crippen LogP contribution in [0.2, 0.25) is 0 Å². The molecular formula is C9H10N4. The largest absolute Gasteiger partial charge is 0.349 e. The fraction of sp³-hybridized carbons (Fsp3) is 0.111. The van der Waals surface area contributed by atoms with Gasteiger partial charge in [0.2, 0.25) is 5.95 Å². The zero-order chi connectivity index (χ0) is 9.10. The number of anilines is 1. The molecule has 0 radical (unpaired) electrons. The number of hydrogen-bond donors (Lipinski definition) is 1. The molecule has 66 valence electrons. The zero-order valence-corrected chi connectivity index (χ0v) is 7.14. The Bertz CT molecular complexity index is 385. The second kappa shape index (κ2) is 3.26. The standard InChI is InChI=1S/C9H10N4/c1-2-6-10-9-11-8-5-3-4-7-13(8)12-9/h2-5,7H,1,6H2,(H,10,12). The average Bonchev–Trinajstić information content (AvgIpc) is 2.57. The summed E-state index contributed by atoms with van der Waals surface area (Å²) in [5.41, 5.74) is 0.842. The first-order valence-corrected chi connectivity index (χ1v) is 4.06. The number of pyridine rings is 1. The highest BCUT2D eigenvalue weighted by atomic mass is 15.3. The smallest absolute Gasteiger partial charge is 0.243 e. The number of aromatic nitrogens is 3. The molecule has 0 aromatic carbocycles.